The van der Waals surface area contributed by atoms with Crippen molar-refractivity contribution in [3.05, 3.63) is 29.8 Å². The van der Waals surface area contributed by atoms with Gasteiger partial charge < -0.3 is 20.4 Å². The Morgan fingerprint density at radius 2 is 2.08 bits per heavy atom. The topological polar surface area (TPSA) is 81.8 Å². The Labute approximate surface area is 147 Å². The molecule has 4 amide bonds. The summed E-state index contributed by atoms with van der Waals surface area (Å²) in [6.45, 7) is 1.16. The van der Waals surface area contributed by atoms with E-state index in [-0.39, 0.29) is 30.3 Å². The number of hydrogen-bond acceptors (Lipinski definition) is 3. The number of carbonyl (C=O) groups is 3. The van der Waals surface area contributed by atoms with Crippen molar-refractivity contribution >= 4 is 23.5 Å². The molecule has 7 nitrogen and oxygen atoms in total. The van der Waals surface area contributed by atoms with Gasteiger partial charge in [0.1, 0.15) is 0 Å². The number of nitrogens with one attached hydrogen (secondary N) is 2. The molecule has 0 aliphatic carbocycles. The molecule has 3 rings (SSSR count). The van der Waals surface area contributed by atoms with E-state index in [1.54, 1.807) is 19.0 Å². The number of amides is 4. The Morgan fingerprint density at radius 3 is 2.84 bits per heavy atom. The lowest BCUT2D eigenvalue weighted by Crippen LogP contribution is -2.51. The molecule has 2 aliphatic heterocycles. The highest BCUT2D eigenvalue weighted by atomic mass is 16.2. The highest BCUT2D eigenvalue weighted by Gasteiger charge is 2.34. The number of fused-ring (bicyclic) bond motifs is 1. The van der Waals surface area contributed by atoms with Gasteiger partial charge in [-0.1, -0.05) is 18.2 Å². The van der Waals surface area contributed by atoms with Crippen LogP contribution < -0.4 is 10.6 Å². The normalized spacial score (nSPS) is 22.2. The van der Waals surface area contributed by atoms with Crippen molar-refractivity contribution in [1.29, 1.82) is 0 Å². The van der Waals surface area contributed by atoms with E-state index in [0.29, 0.717) is 13.1 Å². The minimum absolute atomic E-state index is 0.0411. The van der Waals surface area contributed by atoms with Crippen LogP contribution in [0.4, 0.5) is 10.5 Å². The predicted molar refractivity (Wildman–Crippen MR) is 94.3 cm³/mol. The molecule has 1 aromatic carbocycles. The quantitative estimate of drug-likeness (QED) is 0.869. The van der Waals surface area contributed by atoms with E-state index in [9.17, 15) is 14.4 Å². The minimum atomic E-state index is -0.430. The summed E-state index contributed by atoms with van der Waals surface area (Å²) in [5, 5.41) is 5.77. The number of para-hydroxylation sites is 1. The van der Waals surface area contributed by atoms with E-state index < -0.39 is 5.92 Å². The molecule has 2 aliphatic rings. The van der Waals surface area contributed by atoms with Crippen molar-refractivity contribution < 1.29 is 14.4 Å². The molecule has 1 aromatic rings. The van der Waals surface area contributed by atoms with Crippen molar-refractivity contribution in [3.8, 4) is 0 Å². The lowest BCUT2D eigenvalue weighted by Gasteiger charge is -2.34. The molecular weight excluding hydrogens is 320 g/mol. The lowest BCUT2D eigenvalue weighted by atomic mass is 9.96. The molecule has 25 heavy (non-hydrogen) atoms. The van der Waals surface area contributed by atoms with Crippen LogP contribution >= 0.6 is 0 Å². The van der Waals surface area contributed by atoms with Crippen LogP contribution in [-0.2, 0) is 9.59 Å². The van der Waals surface area contributed by atoms with Crippen molar-refractivity contribution in [1.82, 2.24) is 15.1 Å². The third-order valence-corrected chi connectivity index (χ3v) is 4.80. The number of nitrogens with zero attached hydrogens (tertiary/aromatic N) is 2. The van der Waals surface area contributed by atoms with Gasteiger partial charge in [0.2, 0.25) is 11.8 Å². The monoisotopic (exact) mass is 344 g/mol. The maximum atomic E-state index is 12.7. The molecule has 1 saturated heterocycles. The van der Waals surface area contributed by atoms with Gasteiger partial charge in [-0.05, 0) is 24.5 Å². The molecule has 2 heterocycles. The Hall–Kier alpha value is -2.57. The Balaban J connectivity index is 1.61. The summed E-state index contributed by atoms with van der Waals surface area (Å²) in [4.78, 5) is 39.9. The number of likely N-dealkylation sites (tertiary alicyclic amines) is 1. The number of hydrogen-bond donors (Lipinski definition) is 2. The first-order chi connectivity index (χ1) is 12.0. The van der Waals surface area contributed by atoms with E-state index in [0.717, 1.165) is 24.1 Å². The van der Waals surface area contributed by atoms with Crippen molar-refractivity contribution in [2.24, 2.45) is 0 Å². The molecule has 0 spiro atoms. The molecule has 0 saturated carbocycles. The molecule has 2 atom stereocenters. The van der Waals surface area contributed by atoms with Crippen LogP contribution in [-0.4, -0.2) is 60.9 Å². The molecule has 134 valence electrons. The summed E-state index contributed by atoms with van der Waals surface area (Å²) in [6.07, 6.45) is 1.87. The fraction of sp³-hybridized carbons (Fsp3) is 0.500. The molecule has 1 fully saturated rings. The largest absolute Gasteiger partial charge is 0.341 e. The Bertz CT molecular complexity index is 689. The van der Waals surface area contributed by atoms with Crippen LogP contribution in [0.5, 0.6) is 0 Å². The van der Waals surface area contributed by atoms with Crippen LogP contribution in [0.1, 0.15) is 30.7 Å². The van der Waals surface area contributed by atoms with Gasteiger partial charge >= 0.3 is 6.03 Å². The van der Waals surface area contributed by atoms with E-state index in [4.69, 9.17) is 0 Å². The van der Waals surface area contributed by atoms with Crippen LogP contribution in [0.25, 0.3) is 0 Å². The molecule has 7 heteroatoms. The van der Waals surface area contributed by atoms with Crippen molar-refractivity contribution in [3.63, 3.8) is 0 Å². The first-order valence-electron chi connectivity index (χ1n) is 8.61. The van der Waals surface area contributed by atoms with Gasteiger partial charge in [0, 0.05) is 45.3 Å². The number of anilines is 1. The maximum absolute atomic E-state index is 12.7. The third kappa shape index (κ3) is 3.75. The summed E-state index contributed by atoms with van der Waals surface area (Å²) in [5.41, 5.74) is 1.68. The molecule has 2 unspecified atom stereocenters. The number of carbonyl (C=O) groups excluding carboxylic acids is 3. The third-order valence-electron chi connectivity index (χ3n) is 4.80. The average molecular weight is 344 g/mol. The molecule has 0 aromatic heterocycles. The zero-order valence-corrected chi connectivity index (χ0v) is 14.6. The zero-order chi connectivity index (χ0) is 18.0. The van der Waals surface area contributed by atoms with E-state index in [1.165, 1.54) is 4.90 Å². The van der Waals surface area contributed by atoms with E-state index in [2.05, 4.69) is 10.6 Å². The highest BCUT2D eigenvalue weighted by Crippen LogP contribution is 2.34. The second kappa shape index (κ2) is 7.13. The van der Waals surface area contributed by atoms with Gasteiger partial charge in [-0.25, -0.2) is 4.79 Å². The number of urea groups is 1. The average Bonchev–Trinajstić information content (AvgIpc) is 2.90. The van der Waals surface area contributed by atoms with Crippen molar-refractivity contribution in [2.45, 2.75) is 31.2 Å². The summed E-state index contributed by atoms with van der Waals surface area (Å²) < 4.78 is 0. The molecular formula is C18H24N4O3. The first kappa shape index (κ1) is 17.3. The van der Waals surface area contributed by atoms with Gasteiger partial charge in [-0.15, -0.1) is 0 Å². The molecule has 0 radical (unpaired) electrons. The SMILES string of the molecule is CN(C)C(=O)NC1CCCN(C(=O)CC2C(=O)Nc3ccccc32)C1. The highest BCUT2D eigenvalue weighted by molar-refractivity contribution is 6.04. The zero-order valence-electron chi connectivity index (χ0n) is 14.6. The lowest BCUT2D eigenvalue weighted by molar-refractivity contribution is -0.134. The van der Waals surface area contributed by atoms with Gasteiger partial charge in [0.15, 0.2) is 0 Å². The first-order valence-corrected chi connectivity index (χ1v) is 8.61. The molecule has 2 N–H and O–H groups in total. The van der Waals surface area contributed by atoms with Gasteiger partial charge in [-0.3, -0.25) is 9.59 Å². The minimum Gasteiger partial charge on any atom is -0.341 e. The van der Waals surface area contributed by atoms with Crippen LogP contribution in [0, 0.1) is 0 Å². The van der Waals surface area contributed by atoms with Crippen LogP contribution in [0.15, 0.2) is 24.3 Å². The summed E-state index contributed by atoms with van der Waals surface area (Å²) in [7, 11) is 3.38. The van der Waals surface area contributed by atoms with Crippen LogP contribution in [0.2, 0.25) is 0 Å². The maximum Gasteiger partial charge on any atom is 0.317 e. The van der Waals surface area contributed by atoms with E-state index >= 15 is 0 Å². The van der Waals surface area contributed by atoms with E-state index in [1.807, 2.05) is 24.3 Å². The predicted octanol–water partition coefficient (Wildman–Crippen LogP) is 1.37. The number of benzene rings is 1. The Morgan fingerprint density at radius 1 is 1.32 bits per heavy atom. The fourth-order valence-corrected chi connectivity index (χ4v) is 3.41. The summed E-state index contributed by atoms with van der Waals surface area (Å²) in [6, 6.07) is 7.30. The fourth-order valence-electron chi connectivity index (χ4n) is 3.41. The molecule has 0 bridgehead atoms. The summed E-state index contributed by atoms with van der Waals surface area (Å²) >= 11 is 0. The summed E-state index contributed by atoms with van der Waals surface area (Å²) in [5.74, 6) is -0.592. The second-order valence-corrected chi connectivity index (χ2v) is 6.86. The van der Waals surface area contributed by atoms with Crippen molar-refractivity contribution in [2.75, 3.05) is 32.5 Å². The number of piperidine rings is 1. The Kier molecular flexibility index (Phi) is 4.92. The van der Waals surface area contributed by atoms with Gasteiger partial charge in [-0.2, -0.15) is 0 Å². The second-order valence-electron chi connectivity index (χ2n) is 6.86. The van der Waals surface area contributed by atoms with Gasteiger partial charge in [0.25, 0.3) is 0 Å². The number of rotatable bonds is 3. The van der Waals surface area contributed by atoms with Crippen LogP contribution in [0.3, 0.4) is 0 Å². The standard InChI is InChI=1S/C18H24N4O3/c1-21(2)18(25)19-12-6-5-9-22(11-12)16(23)10-14-13-7-3-4-8-15(13)20-17(14)24/h3-4,7-8,12,14H,5-6,9-11H2,1-2H3,(H,19,25)(H,20,24). The van der Waals surface area contributed by atoms with Gasteiger partial charge in [0.05, 0.1) is 5.92 Å². The smallest absolute Gasteiger partial charge is 0.317 e.